The van der Waals surface area contributed by atoms with E-state index in [9.17, 15) is 19.8 Å². The minimum atomic E-state index is -1.62. The first-order valence-corrected chi connectivity index (χ1v) is 22.5. The van der Waals surface area contributed by atoms with Gasteiger partial charge < -0.3 is 39.9 Å². The van der Waals surface area contributed by atoms with Crippen molar-refractivity contribution in [2.45, 2.75) is 140 Å². The molecule has 2 heterocycles. The highest BCUT2D eigenvalue weighted by atomic mass is 79.9. The van der Waals surface area contributed by atoms with Gasteiger partial charge in [0.25, 0.3) is 5.91 Å². The number of rotatable bonds is 26. The molecule has 11 nitrogen and oxygen atoms in total. The highest BCUT2D eigenvalue weighted by Gasteiger charge is 2.54. The molecule has 0 aliphatic carbocycles. The Bertz CT molecular complexity index is 1420. The van der Waals surface area contributed by atoms with E-state index in [4.69, 9.17) is 19.0 Å². The highest BCUT2D eigenvalue weighted by molar-refractivity contribution is 9.12. The number of hydrogen-bond acceptors (Lipinski definition) is 9. The molecule has 0 saturated heterocycles. The number of carbonyl (C=O) groups is 2. The maximum absolute atomic E-state index is 12.8. The smallest absolute Gasteiger partial charge is 0.311 e. The fourth-order valence-electron chi connectivity index (χ4n) is 6.22. The Balaban J connectivity index is 1.26. The van der Waals surface area contributed by atoms with Crippen LogP contribution in [0.5, 0.6) is 5.75 Å². The van der Waals surface area contributed by atoms with Crippen LogP contribution in [0.2, 0.25) is 0 Å². The van der Waals surface area contributed by atoms with Crippen LogP contribution in [-0.4, -0.2) is 66.4 Å². The summed E-state index contributed by atoms with van der Waals surface area (Å²) < 4.78 is 19.3. The van der Waals surface area contributed by atoms with Gasteiger partial charge in [-0.1, -0.05) is 118 Å². The van der Waals surface area contributed by atoms with Crippen LogP contribution in [0.1, 0.15) is 134 Å². The van der Waals surface area contributed by atoms with Gasteiger partial charge in [-0.3, -0.25) is 9.59 Å². The molecule has 2 aliphatic rings. The summed E-state index contributed by atoms with van der Waals surface area (Å²) in [6, 6.07) is 3.52. The maximum atomic E-state index is 12.8. The number of benzene rings is 1. The molecule has 4 N–H and O–H groups in total. The Hall–Kier alpha value is -1.65. The SMILES string of the molecule is CCCCCCCCCCCCCCCCCC(=O)NCC(O)c1cc(Br)c(OCCCNC(=O)C2=NO[C@]3(CC(Br)=C(OC)C(Br)=CO3)[C@H]2O)c(Br)c1. The number of aliphatic hydroxyl groups is 2. The minimum Gasteiger partial charge on any atom is -0.495 e. The highest BCUT2D eigenvalue weighted by Crippen LogP contribution is 2.41. The maximum Gasteiger partial charge on any atom is 0.311 e. The summed E-state index contributed by atoms with van der Waals surface area (Å²) in [6.45, 7) is 2.89. The van der Waals surface area contributed by atoms with Gasteiger partial charge in [0.1, 0.15) is 17.8 Å². The number of carbonyl (C=O) groups excluding carboxylic acids is 2. The number of methoxy groups -OCH3 is 1. The lowest BCUT2D eigenvalue weighted by Crippen LogP contribution is -2.49. The first kappa shape index (κ1) is 46.7. The third-order valence-electron chi connectivity index (χ3n) is 9.40. The summed E-state index contributed by atoms with van der Waals surface area (Å²) in [5, 5.41) is 31.1. The van der Waals surface area contributed by atoms with E-state index in [0.717, 1.165) is 19.3 Å². The number of unbranched alkanes of at least 4 members (excludes halogenated alkanes) is 14. The molecule has 15 heteroatoms. The van der Waals surface area contributed by atoms with Gasteiger partial charge in [-0.25, -0.2) is 0 Å². The van der Waals surface area contributed by atoms with Crippen molar-refractivity contribution in [1.29, 1.82) is 0 Å². The summed E-state index contributed by atoms with van der Waals surface area (Å²) in [5.41, 5.74) is 0.417. The molecule has 1 aromatic carbocycles. The van der Waals surface area contributed by atoms with Gasteiger partial charge in [0.2, 0.25) is 5.91 Å². The topological polar surface area (TPSA) is 148 Å². The van der Waals surface area contributed by atoms with E-state index in [-0.39, 0.29) is 37.7 Å². The number of oxime groups is 1. The van der Waals surface area contributed by atoms with Crippen LogP contribution in [-0.2, 0) is 23.9 Å². The second-order valence-corrected chi connectivity index (χ2v) is 17.3. The van der Waals surface area contributed by atoms with Crippen molar-refractivity contribution in [3.63, 3.8) is 0 Å². The van der Waals surface area contributed by atoms with Crippen LogP contribution in [0.4, 0.5) is 0 Å². The van der Waals surface area contributed by atoms with E-state index in [0.29, 0.717) is 47.8 Å². The van der Waals surface area contributed by atoms with Gasteiger partial charge in [0.15, 0.2) is 11.8 Å². The van der Waals surface area contributed by atoms with Gasteiger partial charge in [-0.05, 0) is 78.3 Å². The Kier molecular flexibility index (Phi) is 22.1. The fraction of sp³-hybridized carbons (Fsp3) is 0.667. The van der Waals surface area contributed by atoms with Gasteiger partial charge in [-0.15, -0.1) is 0 Å². The third kappa shape index (κ3) is 15.4. The van der Waals surface area contributed by atoms with Gasteiger partial charge in [-0.2, -0.15) is 0 Å². The molecule has 3 rings (SSSR count). The quantitative estimate of drug-likeness (QED) is 0.0671. The Labute approximate surface area is 354 Å². The number of aliphatic hydroxyl groups excluding tert-OH is 2. The molecule has 0 radical (unpaired) electrons. The summed E-state index contributed by atoms with van der Waals surface area (Å²) in [7, 11) is 1.50. The van der Waals surface area contributed by atoms with Gasteiger partial charge >= 0.3 is 5.79 Å². The molecule has 0 saturated carbocycles. The molecule has 304 valence electrons. The number of nitrogens with zero attached hydrogens (tertiary/aromatic N) is 1. The van der Waals surface area contributed by atoms with Crippen molar-refractivity contribution in [1.82, 2.24) is 10.6 Å². The van der Waals surface area contributed by atoms with E-state index in [1.54, 1.807) is 12.1 Å². The number of amides is 2. The molecule has 1 spiro atoms. The molecule has 0 bridgehead atoms. The average Bonchev–Trinajstić information content (AvgIpc) is 3.39. The average molecular weight is 1020 g/mol. The normalized spacial score (nSPS) is 18.7. The lowest BCUT2D eigenvalue weighted by atomic mass is 10.0. The summed E-state index contributed by atoms with van der Waals surface area (Å²) >= 11 is 13.8. The predicted molar refractivity (Wildman–Crippen MR) is 225 cm³/mol. The second kappa shape index (κ2) is 25.6. The molecule has 1 aromatic rings. The van der Waals surface area contributed by atoms with Crippen LogP contribution in [0.25, 0.3) is 0 Å². The van der Waals surface area contributed by atoms with Crippen molar-refractivity contribution in [3.05, 3.63) is 47.6 Å². The first-order chi connectivity index (χ1) is 26.0. The van der Waals surface area contributed by atoms with Crippen molar-refractivity contribution >= 4 is 81.2 Å². The molecular formula is C39H57Br4N3O8. The zero-order valence-corrected chi connectivity index (χ0v) is 37.9. The predicted octanol–water partition coefficient (Wildman–Crippen LogP) is 9.86. The summed E-state index contributed by atoms with van der Waals surface area (Å²) in [5.74, 6) is -1.26. The van der Waals surface area contributed by atoms with Crippen molar-refractivity contribution in [2.75, 3.05) is 26.8 Å². The summed E-state index contributed by atoms with van der Waals surface area (Å²) in [4.78, 5) is 30.7. The molecule has 0 fully saturated rings. The number of nitrogens with one attached hydrogen (secondary N) is 2. The molecular weight excluding hydrogens is 958 g/mol. The van der Waals surface area contributed by atoms with Crippen LogP contribution < -0.4 is 15.4 Å². The van der Waals surface area contributed by atoms with Crippen LogP contribution in [0.3, 0.4) is 0 Å². The van der Waals surface area contributed by atoms with E-state index < -0.39 is 23.9 Å². The molecule has 54 heavy (non-hydrogen) atoms. The molecule has 0 aromatic heterocycles. The van der Waals surface area contributed by atoms with E-state index >= 15 is 0 Å². The summed E-state index contributed by atoms with van der Waals surface area (Å²) in [6.07, 6.45) is 19.2. The lowest BCUT2D eigenvalue weighted by Gasteiger charge is -2.27. The van der Waals surface area contributed by atoms with Crippen LogP contribution in [0, 0.1) is 0 Å². The van der Waals surface area contributed by atoms with E-state index in [2.05, 4.69) is 86.4 Å². The van der Waals surface area contributed by atoms with Crippen molar-refractivity contribution < 1.29 is 38.9 Å². The number of hydrogen-bond donors (Lipinski definition) is 4. The first-order valence-electron chi connectivity index (χ1n) is 19.3. The largest absolute Gasteiger partial charge is 0.495 e. The second-order valence-electron chi connectivity index (χ2n) is 13.8. The van der Waals surface area contributed by atoms with Gasteiger partial charge in [0.05, 0.1) is 39.7 Å². The Morgan fingerprint density at radius 2 is 1.48 bits per heavy atom. The van der Waals surface area contributed by atoms with E-state index in [1.165, 1.54) is 90.4 Å². The molecule has 2 amide bonds. The van der Waals surface area contributed by atoms with Crippen LogP contribution >= 0.6 is 63.7 Å². The van der Waals surface area contributed by atoms with E-state index in [1.807, 2.05) is 0 Å². The van der Waals surface area contributed by atoms with Gasteiger partial charge in [0, 0.05) is 24.0 Å². The van der Waals surface area contributed by atoms with Crippen molar-refractivity contribution in [3.8, 4) is 5.75 Å². The molecule has 1 unspecified atom stereocenters. The molecule has 2 aliphatic heterocycles. The number of halogens is 4. The molecule has 3 atom stereocenters. The minimum absolute atomic E-state index is 0.0465. The zero-order valence-electron chi connectivity index (χ0n) is 31.5. The fourth-order valence-corrected chi connectivity index (χ4v) is 9.20. The lowest BCUT2D eigenvalue weighted by molar-refractivity contribution is -0.225. The third-order valence-corrected chi connectivity index (χ3v) is 11.8. The monoisotopic (exact) mass is 1010 g/mol. The zero-order chi connectivity index (χ0) is 39.3. The standard InChI is InChI=1S/C39H57Br4N3O8/c1-3-4-5-6-7-8-9-10-11-12-13-14-15-16-17-19-33(48)45-25-32(47)27-22-28(40)36(29(41)23-27)52-21-18-20-44-38(50)34-37(49)39(54-46-34)24-30(42)35(51-2)31(43)26-53-39/h22-23,26,32,37,47,49H,3-21,24-25H2,1-2H3,(H,44,50)(H,45,48)/t32?,37-,39+/m0/s1. The number of ether oxygens (including phenoxy) is 3. The Morgan fingerprint density at radius 3 is 2.06 bits per heavy atom. The Morgan fingerprint density at radius 1 is 0.907 bits per heavy atom. The number of allylic oxidation sites excluding steroid dienone is 1. The van der Waals surface area contributed by atoms with Crippen molar-refractivity contribution in [2.24, 2.45) is 5.16 Å². The van der Waals surface area contributed by atoms with Crippen LogP contribution in [0.15, 0.2) is 47.2 Å².